The summed E-state index contributed by atoms with van der Waals surface area (Å²) in [7, 11) is 0. The molecule has 4 heteroatoms. The van der Waals surface area contributed by atoms with Crippen LogP contribution in [0.4, 0.5) is 0 Å². The number of nitrogens with two attached hydrogens (primary N) is 1. The maximum atomic E-state index is 5.72. The van der Waals surface area contributed by atoms with Crippen molar-refractivity contribution in [3.63, 3.8) is 0 Å². The van der Waals surface area contributed by atoms with Crippen LogP contribution in [0.15, 0.2) is 54.7 Å². The van der Waals surface area contributed by atoms with Gasteiger partial charge in [0.2, 0.25) is 0 Å². The summed E-state index contributed by atoms with van der Waals surface area (Å²) in [4.78, 5) is 10.1. The van der Waals surface area contributed by atoms with Crippen LogP contribution in [-0.4, -0.2) is 9.97 Å². The lowest BCUT2D eigenvalue weighted by Gasteiger charge is -2.01. The number of rotatable bonds is 3. The van der Waals surface area contributed by atoms with Crippen LogP contribution in [0.1, 0.15) is 5.01 Å². The summed E-state index contributed by atoms with van der Waals surface area (Å²) < 4.78 is 0. The van der Waals surface area contributed by atoms with E-state index in [1.165, 1.54) is 0 Å². The quantitative estimate of drug-likeness (QED) is 0.792. The molecule has 2 N–H and O–H groups in total. The lowest BCUT2D eigenvalue weighted by molar-refractivity contribution is 1.04. The molecular formula is C15H13N3S. The molecule has 19 heavy (non-hydrogen) atoms. The predicted octanol–water partition coefficient (Wildman–Crippen LogP) is 3.33. The van der Waals surface area contributed by atoms with Crippen molar-refractivity contribution in [1.29, 1.82) is 0 Å². The van der Waals surface area contributed by atoms with Crippen LogP contribution in [0.5, 0.6) is 0 Å². The first-order chi connectivity index (χ1) is 9.38. The van der Waals surface area contributed by atoms with Crippen LogP contribution in [0.3, 0.4) is 0 Å². The molecule has 3 rings (SSSR count). The van der Waals surface area contributed by atoms with E-state index in [-0.39, 0.29) is 0 Å². The van der Waals surface area contributed by atoms with E-state index >= 15 is 0 Å². The summed E-state index contributed by atoms with van der Waals surface area (Å²) in [5.74, 6) is 0. The average molecular weight is 267 g/mol. The molecule has 0 aliphatic heterocycles. The van der Waals surface area contributed by atoms with E-state index in [1.54, 1.807) is 17.5 Å². The Morgan fingerprint density at radius 1 is 1.00 bits per heavy atom. The highest BCUT2D eigenvalue weighted by atomic mass is 32.1. The van der Waals surface area contributed by atoms with Crippen molar-refractivity contribution in [1.82, 2.24) is 9.97 Å². The highest BCUT2D eigenvalue weighted by Gasteiger charge is 2.14. The number of thiazole rings is 1. The average Bonchev–Trinajstić information content (AvgIpc) is 2.93. The van der Waals surface area contributed by atoms with Gasteiger partial charge in [0.05, 0.1) is 10.6 Å². The van der Waals surface area contributed by atoms with Crippen molar-refractivity contribution in [2.24, 2.45) is 5.73 Å². The van der Waals surface area contributed by atoms with E-state index in [1.807, 2.05) is 36.4 Å². The first-order valence-corrected chi connectivity index (χ1v) is 6.86. The van der Waals surface area contributed by atoms with E-state index < -0.39 is 0 Å². The molecule has 0 saturated heterocycles. The molecule has 0 unspecified atom stereocenters. The zero-order chi connectivity index (χ0) is 13.1. The molecule has 0 amide bonds. The van der Waals surface area contributed by atoms with Gasteiger partial charge in [0.1, 0.15) is 10.7 Å². The molecule has 0 spiro atoms. The summed E-state index contributed by atoms with van der Waals surface area (Å²) in [6.07, 6.45) is 1.78. The van der Waals surface area contributed by atoms with Gasteiger partial charge in [0, 0.05) is 12.7 Å². The molecule has 0 bridgehead atoms. The zero-order valence-corrected chi connectivity index (χ0v) is 11.1. The Hall–Kier alpha value is -2.04. The highest BCUT2D eigenvalue weighted by molar-refractivity contribution is 7.15. The molecule has 0 atom stereocenters. The van der Waals surface area contributed by atoms with E-state index in [0.29, 0.717) is 6.54 Å². The SMILES string of the molecule is NCc1nc(-c2ccccn2)c(-c2ccccc2)s1. The van der Waals surface area contributed by atoms with Gasteiger partial charge >= 0.3 is 0 Å². The fraction of sp³-hybridized carbons (Fsp3) is 0.0667. The van der Waals surface area contributed by atoms with Crippen LogP contribution in [-0.2, 0) is 6.54 Å². The van der Waals surface area contributed by atoms with Gasteiger partial charge in [-0.05, 0) is 17.7 Å². The van der Waals surface area contributed by atoms with Gasteiger partial charge in [0.15, 0.2) is 0 Å². The number of pyridine rings is 1. The van der Waals surface area contributed by atoms with Crippen LogP contribution < -0.4 is 5.73 Å². The van der Waals surface area contributed by atoms with E-state index in [4.69, 9.17) is 5.73 Å². The van der Waals surface area contributed by atoms with Crippen molar-refractivity contribution in [2.45, 2.75) is 6.54 Å². The normalized spacial score (nSPS) is 10.6. The molecule has 0 aliphatic carbocycles. The Morgan fingerprint density at radius 3 is 2.47 bits per heavy atom. The molecule has 1 aromatic carbocycles. The highest BCUT2D eigenvalue weighted by Crippen LogP contribution is 2.35. The van der Waals surface area contributed by atoms with E-state index in [2.05, 4.69) is 22.1 Å². The zero-order valence-electron chi connectivity index (χ0n) is 10.3. The first kappa shape index (κ1) is 12.0. The van der Waals surface area contributed by atoms with Crippen LogP contribution >= 0.6 is 11.3 Å². The summed E-state index contributed by atoms with van der Waals surface area (Å²) in [6, 6.07) is 16.1. The van der Waals surface area contributed by atoms with Crippen molar-refractivity contribution in [2.75, 3.05) is 0 Å². The van der Waals surface area contributed by atoms with Crippen LogP contribution in [0.25, 0.3) is 21.8 Å². The molecule has 3 aromatic rings. The minimum Gasteiger partial charge on any atom is -0.325 e. The summed E-state index contributed by atoms with van der Waals surface area (Å²) in [5.41, 5.74) is 8.67. The maximum Gasteiger partial charge on any atom is 0.108 e. The largest absolute Gasteiger partial charge is 0.325 e. The Kier molecular flexibility index (Phi) is 3.35. The summed E-state index contributed by atoms with van der Waals surface area (Å²) in [5, 5.41) is 0.930. The first-order valence-electron chi connectivity index (χ1n) is 6.05. The fourth-order valence-corrected chi connectivity index (χ4v) is 2.87. The third-order valence-electron chi connectivity index (χ3n) is 2.79. The predicted molar refractivity (Wildman–Crippen MR) is 78.7 cm³/mol. The maximum absolute atomic E-state index is 5.72. The monoisotopic (exact) mass is 267 g/mol. The summed E-state index contributed by atoms with van der Waals surface area (Å²) in [6.45, 7) is 0.456. The van der Waals surface area contributed by atoms with Crippen LogP contribution in [0, 0.1) is 0 Å². The fourth-order valence-electron chi connectivity index (χ4n) is 1.91. The van der Waals surface area contributed by atoms with E-state index in [9.17, 15) is 0 Å². The standard InChI is InChI=1S/C15H13N3S/c16-10-13-18-14(12-8-4-5-9-17-12)15(19-13)11-6-2-1-3-7-11/h1-9H,10,16H2. The molecule has 94 valence electrons. The van der Waals surface area contributed by atoms with Gasteiger partial charge in [-0.3, -0.25) is 4.98 Å². The second kappa shape index (κ2) is 5.30. The van der Waals surface area contributed by atoms with Crippen molar-refractivity contribution < 1.29 is 0 Å². The van der Waals surface area contributed by atoms with Gasteiger partial charge in [-0.15, -0.1) is 11.3 Å². The molecule has 3 nitrogen and oxygen atoms in total. The number of aromatic nitrogens is 2. The number of benzene rings is 1. The van der Waals surface area contributed by atoms with Gasteiger partial charge in [-0.2, -0.15) is 0 Å². The Balaban J connectivity index is 2.17. The summed E-state index contributed by atoms with van der Waals surface area (Å²) >= 11 is 1.63. The van der Waals surface area contributed by atoms with Crippen molar-refractivity contribution >= 4 is 11.3 Å². The topological polar surface area (TPSA) is 51.8 Å². The lowest BCUT2D eigenvalue weighted by Crippen LogP contribution is -1.94. The van der Waals surface area contributed by atoms with Crippen LogP contribution in [0.2, 0.25) is 0 Å². The van der Waals surface area contributed by atoms with Gasteiger partial charge in [-0.25, -0.2) is 4.98 Å². The smallest absolute Gasteiger partial charge is 0.108 e. The molecule has 0 aliphatic rings. The molecule has 0 saturated carbocycles. The Labute approximate surface area is 115 Å². The van der Waals surface area contributed by atoms with Gasteiger partial charge in [0.25, 0.3) is 0 Å². The number of nitrogens with zero attached hydrogens (tertiary/aromatic N) is 2. The second-order valence-corrected chi connectivity index (χ2v) is 5.15. The number of hydrogen-bond acceptors (Lipinski definition) is 4. The molecule has 0 fully saturated rings. The van der Waals surface area contributed by atoms with Gasteiger partial charge in [-0.1, -0.05) is 36.4 Å². The Bertz CT molecular complexity index is 605. The Morgan fingerprint density at radius 2 is 1.79 bits per heavy atom. The second-order valence-electron chi connectivity index (χ2n) is 4.07. The number of hydrogen-bond donors (Lipinski definition) is 1. The lowest BCUT2D eigenvalue weighted by atomic mass is 10.1. The molecule has 0 radical (unpaired) electrons. The van der Waals surface area contributed by atoms with Gasteiger partial charge < -0.3 is 5.73 Å². The molecule has 2 aromatic heterocycles. The van der Waals surface area contributed by atoms with Crippen molar-refractivity contribution in [3.8, 4) is 21.8 Å². The molecular weight excluding hydrogens is 254 g/mol. The third kappa shape index (κ3) is 2.41. The van der Waals surface area contributed by atoms with E-state index in [0.717, 1.165) is 26.8 Å². The minimum atomic E-state index is 0.456. The molecule has 2 heterocycles. The van der Waals surface area contributed by atoms with Crippen molar-refractivity contribution in [3.05, 3.63) is 59.7 Å². The minimum absolute atomic E-state index is 0.456. The third-order valence-corrected chi connectivity index (χ3v) is 3.92.